The van der Waals surface area contributed by atoms with E-state index in [1.54, 1.807) is 24.1 Å². The van der Waals surface area contributed by atoms with Gasteiger partial charge >= 0.3 is 0 Å². The molecular weight excluding hydrogens is 474 g/mol. The number of methoxy groups -OCH3 is 1. The van der Waals surface area contributed by atoms with Crippen molar-refractivity contribution in [1.29, 1.82) is 0 Å². The highest BCUT2D eigenvalue weighted by Crippen LogP contribution is 2.34. The van der Waals surface area contributed by atoms with Crippen LogP contribution in [-0.4, -0.2) is 74.2 Å². The molecule has 1 amide bonds. The molecule has 6 rings (SSSR count). The maximum Gasteiger partial charge on any atom is 0.289 e. The van der Waals surface area contributed by atoms with Gasteiger partial charge in [-0.15, -0.1) is 5.10 Å². The van der Waals surface area contributed by atoms with E-state index in [0.29, 0.717) is 54.6 Å². The van der Waals surface area contributed by atoms with E-state index in [1.165, 1.54) is 6.26 Å². The van der Waals surface area contributed by atoms with E-state index < -0.39 is 6.04 Å². The highest BCUT2D eigenvalue weighted by molar-refractivity contribution is 5.91. The van der Waals surface area contributed by atoms with E-state index in [0.717, 1.165) is 31.1 Å². The molecule has 1 aliphatic heterocycles. The predicted octanol–water partition coefficient (Wildman–Crippen LogP) is 2.78. The number of ether oxygens (including phenoxy) is 1. The van der Waals surface area contributed by atoms with Crippen LogP contribution in [0.1, 0.15) is 59.7 Å². The number of nitrogens with zero attached hydrogens (tertiary/aromatic N) is 6. The van der Waals surface area contributed by atoms with Crippen LogP contribution >= 0.6 is 0 Å². The number of carbonyl (C=O) groups is 1. The van der Waals surface area contributed by atoms with Gasteiger partial charge in [0.1, 0.15) is 11.8 Å². The van der Waals surface area contributed by atoms with E-state index in [2.05, 4.69) is 25.4 Å². The summed E-state index contributed by atoms with van der Waals surface area (Å²) in [4.78, 5) is 33.3. The first-order chi connectivity index (χ1) is 18.1. The number of nitrogens with one attached hydrogen (secondary N) is 1. The maximum atomic E-state index is 13.5. The van der Waals surface area contributed by atoms with E-state index in [4.69, 9.17) is 9.15 Å². The number of pyridine rings is 1. The van der Waals surface area contributed by atoms with Crippen molar-refractivity contribution in [3.63, 3.8) is 0 Å². The maximum absolute atomic E-state index is 13.5. The van der Waals surface area contributed by atoms with Crippen molar-refractivity contribution in [3.05, 3.63) is 70.2 Å². The van der Waals surface area contributed by atoms with E-state index >= 15 is 0 Å². The number of benzene rings is 1. The predicted molar refractivity (Wildman–Crippen MR) is 134 cm³/mol. The molecule has 0 unspecified atom stereocenters. The third-order valence-electron chi connectivity index (χ3n) is 7.51. The zero-order valence-electron chi connectivity index (χ0n) is 20.7. The lowest BCUT2D eigenvalue weighted by Gasteiger charge is -2.38. The first kappa shape index (κ1) is 23.4. The Labute approximate surface area is 213 Å². The summed E-state index contributed by atoms with van der Waals surface area (Å²) in [6.07, 6.45) is 5.82. The molecule has 37 heavy (non-hydrogen) atoms. The van der Waals surface area contributed by atoms with Crippen LogP contribution in [0, 0.1) is 0 Å². The van der Waals surface area contributed by atoms with E-state index in [1.807, 2.05) is 28.9 Å². The monoisotopic (exact) mass is 503 g/mol. The average molecular weight is 504 g/mol. The number of fused-ring (bicyclic) bond motifs is 1. The lowest BCUT2D eigenvalue weighted by atomic mass is 10.0. The van der Waals surface area contributed by atoms with Gasteiger partial charge in [-0.25, -0.2) is 4.68 Å². The average Bonchev–Trinajstić information content (AvgIpc) is 3.72. The molecule has 1 N–H and O–H groups in total. The molecule has 1 saturated carbocycles. The number of piperazine rings is 1. The standard InChI is InChI=1S/C26H29N7O4/c1-36-19-9-8-17-15-20(25(34)27-21(17)16-19)23(24-28-29-30-33(24)18-5-2-3-6-18)31-10-12-32(13-11-31)26(35)22-7-4-14-37-22/h4,7-9,14-16,18,23H,2-3,5-6,10-13H2,1H3,(H,27,34)/t23-/m0/s1. The fraction of sp³-hybridized carbons (Fsp3) is 0.423. The molecule has 4 aromatic rings. The summed E-state index contributed by atoms with van der Waals surface area (Å²) < 4.78 is 12.5. The number of hydrogen-bond donors (Lipinski definition) is 1. The first-order valence-corrected chi connectivity index (χ1v) is 12.7. The van der Waals surface area contributed by atoms with E-state index in [9.17, 15) is 9.59 Å². The molecular formula is C26H29N7O4. The minimum Gasteiger partial charge on any atom is -0.497 e. The van der Waals surface area contributed by atoms with Crippen molar-refractivity contribution < 1.29 is 13.9 Å². The van der Waals surface area contributed by atoms with E-state index in [-0.39, 0.29) is 17.5 Å². The molecule has 1 aliphatic carbocycles. The number of aromatic amines is 1. The molecule has 2 aliphatic rings. The van der Waals surface area contributed by atoms with Crippen LogP contribution < -0.4 is 10.3 Å². The topological polar surface area (TPSA) is 122 Å². The normalized spacial score (nSPS) is 17.9. The van der Waals surface area contributed by atoms with Gasteiger partial charge in [0.15, 0.2) is 11.6 Å². The number of tetrazole rings is 1. The summed E-state index contributed by atoms with van der Waals surface area (Å²) in [5.74, 6) is 1.54. The summed E-state index contributed by atoms with van der Waals surface area (Å²) in [6, 6.07) is 10.7. The molecule has 11 heteroatoms. The number of H-pyrrole nitrogens is 1. The zero-order chi connectivity index (χ0) is 25.4. The molecule has 1 atom stereocenters. The molecule has 192 valence electrons. The lowest BCUT2D eigenvalue weighted by Crippen LogP contribution is -2.50. The summed E-state index contributed by atoms with van der Waals surface area (Å²) in [5.41, 5.74) is 1.09. The summed E-state index contributed by atoms with van der Waals surface area (Å²) in [6.45, 7) is 2.14. The molecule has 0 radical (unpaired) electrons. The fourth-order valence-electron chi connectivity index (χ4n) is 5.55. The van der Waals surface area contributed by atoms with Crippen LogP contribution in [0.2, 0.25) is 0 Å². The minimum atomic E-state index is -0.452. The molecule has 4 heterocycles. The number of aromatic nitrogens is 5. The second kappa shape index (κ2) is 9.81. The molecule has 2 fully saturated rings. The zero-order valence-corrected chi connectivity index (χ0v) is 20.7. The smallest absolute Gasteiger partial charge is 0.289 e. The Hall–Kier alpha value is -3.99. The molecule has 1 saturated heterocycles. The van der Waals surface area contributed by atoms with Crippen molar-refractivity contribution in [1.82, 2.24) is 35.0 Å². The van der Waals surface area contributed by atoms with Crippen molar-refractivity contribution in [2.75, 3.05) is 33.3 Å². The highest BCUT2D eigenvalue weighted by atomic mass is 16.5. The van der Waals surface area contributed by atoms with Crippen LogP contribution in [0.5, 0.6) is 5.75 Å². The lowest BCUT2D eigenvalue weighted by molar-refractivity contribution is 0.0557. The second-order valence-electron chi connectivity index (χ2n) is 9.63. The first-order valence-electron chi connectivity index (χ1n) is 12.7. The molecule has 1 aromatic carbocycles. The van der Waals surface area contributed by atoms with Crippen LogP contribution in [0.4, 0.5) is 0 Å². The number of carbonyl (C=O) groups excluding carboxylic acids is 1. The van der Waals surface area contributed by atoms with Crippen LogP contribution in [0.15, 0.2) is 51.9 Å². The van der Waals surface area contributed by atoms with Crippen molar-refractivity contribution in [3.8, 4) is 5.75 Å². The third-order valence-corrected chi connectivity index (χ3v) is 7.51. The fourth-order valence-corrected chi connectivity index (χ4v) is 5.55. The SMILES string of the molecule is COc1ccc2cc([C@@H](c3nnnn3C3CCCC3)N3CCN(C(=O)c4ccco4)CC3)c(=O)[nH]c2c1. The Kier molecular flexibility index (Phi) is 6.21. The van der Waals surface area contributed by atoms with Gasteiger partial charge in [0.05, 0.1) is 24.9 Å². The molecule has 3 aromatic heterocycles. The number of hydrogen-bond acceptors (Lipinski definition) is 8. The Morgan fingerprint density at radius 3 is 2.68 bits per heavy atom. The van der Waals surface area contributed by atoms with Gasteiger partial charge in [0.25, 0.3) is 11.5 Å². The summed E-state index contributed by atoms with van der Waals surface area (Å²) >= 11 is 0. The van der Waals surface area contributed by atoms with Crippen LogP contribution in [0.3, 0.4) is 0 Å². The number of furan rings is 1. The van der Waals surface area contributed by atoms with Crippen molar-refractivity contribution in [2.45, 2.75) is 37.8 Å². The van der Waals surface area contributed by atoms with Gasteiger partial charge in [-0.2, -0.15) is 0 Å². The quantitative estimate of drug-likeness (QED) is 0.426. The van der Waals surface area contributed by atoms with Crippen LogP contribution in [0.25, 0.3) is 10.9 Å². The van der Waals surface area contributed by atoms with Gasteiger partial charge in [-0.1, -0.05) is 12.8 Å². The van der Waals surface area contributed by atoms with Gasteiger partial charge in [-0.3, -0.25) is 14.5 Å². The third kappa shape index (κ3) is 4.39. The van der Waals surface area contributed by atoms with Crippen molar-refractivity contribution >= 4 is 16.8 Å². The van der Waals surface area contributed by atoms with Gasteiger partial charge in [0, 0.05) is 37.8 Å². The van der Waals surface area contributed by atoms with Gasteiger partial charge in [-0.05, 0) is 59.0 Å². The summed E-state index contributed by atoms with van der Waals surface area (Å²) in [7, 11) is 1.60. The van der Waals surface area contributed by atoms with Gasteiger partial charge in [0.2, 0.25) is 0 Å². The molecule has 0 spiro atoms. The largest absolute Gasteiger partial charge is 0.497 e. The minimum absolute atomic E-state index is 0.130. The summed E-state index contributed by atoms with van der Waals surface area (Å²) in [5, 5.41) is 13.7. The molecule has 0 bridgehead atoms. The Balaban J connectivity index is 1.37. The Morgan fingerprint density at radius 2 is 1.95 bits per heavy atom. The Morgan fingerprint density at radius 1 is 1.14 bits per heavy atom. The van der Waals surface area contributed by atoms with Crippen molar-refractivity contribution in [2.24, 2.45) is 0 Å². The highest BCUT2D eigenvalue weighted by Gasteiger charge is 2.35. The Bertz CT molecular complexity index is 1450. The number of rotatable bonds is 6. The van der Waals surface area contributed by atoms with Crippen LogP contribution in [-0.2, 0) is 0 Å². The number of amides is 1. The second-order valence-corrected chi connectivity index (χ2v) is 9.63. The molecule has 11 nitrogen and oxygen atoms in total. The van der Waals surface area contributed by atoms with Gasteiger partial charge < -0.3 is 19.0 Å².